The van der Waals surface area contributed by atoms with Gasteiger partial charge in [0.05, 0.1) is 31.0 Å². The molecule has 0 aliphatic carbocycles. The van der Waals surface area contributed by atoms with Crippen LogP contribution in [0.25, 0.3) is 10.7 Å². The smallest absolute Gasteiger partial charge is 0.226 e. The molecule has 0 radical (unpaired) electrons. The van der Waals surface area contributed by atoms with E-state index in [1.807, 2.05) is 78.2 Å². The summed E-state index contributed by atoms with van der Waals surface area (Å²) in [6.07, 6.45) is 1.95. The molecule has 30 heavy (non-hydrogen) atoms. The molecule has 1 unspecified atom stereocenters. The van der Waals surface area contributed by atoms with Gasteiger partial charge in [0.2, 0.25) is 5.91 Å². The van der Waals surface area contributed by atoms with Crippen LogP contribution in [0, 0.1) is 0 Å². The summed E-state index contributed by atoms with van der Waals surface area (Å²) in [5.41, 5.74) is 3.56. The number of nitrogens with zero attached hydrogens (tertiary/aromatic N) is 2. The Hall–Kier alpha value is -3.51. The topological polar surface area (TPSA) is 64.1 Å². The number of methoxy groups -OCH3 is 1. The summed E-state index contributed by atoms with van der Waals surface area (Å²) < 4.78 is 5.25. The Morgan fingerprint density at radius 1 is 1.00 bits per heavy atom. The van der Waals surface area contributed by atoms with Gasteiger partial charge in [-0.1, -0.05) is 48.5 Å². The number of aromatic nitrogens is 2. The molecule has 0 aliphatic heterocycles. The van der Waals surface area contributed by atoms with Crippen molar-refractivity contribution >= 4 is 17.2 Å². The largest absolute Gasteiger partial charge is 0.497 e. The lowest BCUT2D eigenvalue weighted by atomic mass is 9.98. The number of carbonyl (C=O) groups is 1. The highest BCUT2D eigenvalue weighted by molar-refractivity contribution is 7.13. The zero-order valence-corrected chi connectivity index (χ0v) is 17.3. The van der Waals surface area contributed by atoms with Crippen molar-refractivity contribution in [1.29, 1.82) is 0 Å². The molecule has 0 saturated heterocycles. The molecule has 0 saturated carbocycles. The predicted molar refractivity (Wildman–Crippen MR) is 118 cm³/mol. The third kappa shape index (κ3) is 4.72. The number of ether oxygens (including phenoxy) is 1. The molecule has 0 bridgehead atoms. The highest BCUT2D eigenvalue weighted by atomic mass is 32.1. The molecule has 2 heterocycles. The number of thiazole rings is 1. The van der Waals surface area contributed by atoms with E-state index in [9.17, 15) is 4.79 Å². The SMILES string of the molecule is COc1ccc(C(NC(=O)Cc2csc(-c3ccccn3)n2)c2ccccc2)cc1. The maximum atomic E-state index is 12.9. The standard InChI is InChI=1S/C24H21N3O2S/c1-29-20-12-10-18(11-13-20)23(17-7-3-2-4-8-17)27-22(28)15-19-16-30-24(26-19)21-9-5-6-14-25-21/h2-14,16,23H,15H2,1H3,(H,27,28). The fourth-order valence-electron chi connectivity index (χ4n) is 3.17. The molecule has 2 aromatic heterocycles. The first-order chi connectivity index (χ1) is 14.7. The van der Waals surface area contributed by atoms with Crippen molar-refractivity contribution < 1.29 is 9.53 Å². The van der Waals surface area contributed by atoms with Crippen molar-refractivity contribution in [2.45, 2.75) is 12.5 Å². The van der Waals surface area contributed by atoms with Crippen molar-refractivity contribution in [3.05, 3.63) is 101 Å². The molecule has 2 aromatic carbocycles. The lowest BCUT2D eigenvalue weighted by Gasteiger charge is -2.20. The molecule has 4 rings (SSSR count). The lowest BCUT2D eigenvalue weighted by Crippen LogP contribution is -2.30. The summed E-state index contributed by atoms with van der Waals surface area (Å²) >= 11 is 1.49. The third-order valence-electron chi connectivity index (χ3n) is 4.66. The Kier molecular flexibility index (Phi) is 6.15. The van der Waals surface area contributed by atoms with Crippen molar-refractivity contribution in [2.75, 3.05) is 7.11 Å². The number of rotatable bonds is 7. The Labute approximate surface area is 179 Å². The first-order valence-corrected chi connectivity index (χ1v) is 10.4. The monoisotopic (exact) mass is 415 g/mol. The summed E-state index contributed by atoms with van der Waals surface area (Å²) in [7, 11) is 1.64. The van der Waals surface area contributed by atoms with Crippen LogP contribution in [-0.2, 0) is 11.2 Å². The van der Waals surface area contributed by atoms with Gasteiger partial charge >= 0.3 is 0 Å². The second kappa shape index (κ2) is 9.33. The molecule has 150 valence electrons. The zero-order chi connectivity index (χ0) is 20.8. The van der Waals surface area contributed by atoms with Gasteiger partial charge in [0.1, 0.15) is 10.8 Å². The van der Waals surface area contributed by atoms with Gasteiger partial charge in [0.25, 0.3) is 0 Å². The molecule has 0 fully saturated rings. The quantitative estimate of drug-likeness (QED) is 0.477. The van der Waals surface area contributed by atoms with E-state index in [1.165, 1.54) is 11.3 Å². The van der Waals surface area contributed by atoms with E-state index in [0.717, 1.165) is 33.3 Å². The lowest BCUT2D eigenvalue weighted by molar-refractivity contribution is -0.121. The Morgan fingerprint density at radius 3 is 2.43 bits per heavy atom. The van der Waals surface area contributed by atoms with E-state index in [4.69, 9.17) is 4.74 Å². The summed E-state index contributed by atoms with van der Waals surface area (Å²) in [5, 5.41) is 5.88. The molecule has 1 amide bonds. The van der Waals surface area contributed by atoms with Gasteiger partial charge in [-0.25, -0.2) is 4.98 Å². The summed E-state index contributed by atoms with van der Waals surface area (Å²) in [5.74, 6) is 0.693. The molecule has 6 heteroatoms. The van der Waals surface area contributed by atoms with Crippen molar-refractivity contribution in [2.24, 2.45) is 0 Å². The minimum absolute atomic E-state index is 0.0856. The number of pyridine rings is 1. The average Bonchev–Trinajstić information content (AvgIpc) is 3.27. The van der Waals surface area contributed by atoms with Crippen LogP contribution in [0.3, 0.4) is 0 Å². The number of hydrogen-bond donors (Lipinski definition) is 1. The van der Waals surface area contributed by atoms with Gasteiger partial charge in [-0.15, -0.1) is 11.3 Å². The number of hydrogen-bond acceptors (Lipinski definition) is 5. The summed E-state index contributed by atoms with van der Waals surface area (Å²) in [4.78, 5) is 21.7. The van der Waals surface area contributed by atoms with Crippen LogP contribution < -0.4 is 10.1 Å². The van der Waals surface area contributed by atoms with Crippen molar-refractivity contribution in [1.82, 2.24) is 15.3 Å². The molecule has 4 aromatic rings. The van der Waals surface area contributed by atoms with Crippen molar-refractivity contribution in [3.63, 3.8) is 0 Å². The van der Waals surface area contributed by atoms with Crippen LogP contribution in [-0.4, -0.2) is 23.0 Å². The van der Waals surface area contributed by atoms with E-state index >= 15 is 0 Å². The molecule has 0 aliphatic rings. The van der Waals surface area contributed by atoms with E-state index in [-0.39, 0.29) is 18.4 Å². The second-order valence-corrected chi connectivity index (χ2v) is 7.58. The predicted octanol–water partition coefficient (Wildman–Crippen LogP) is 4.66. The van der Waals surface area contributed by atoms with Gasteiger partial charge in [-0.2, -0.15) is 0 Å². The molecular weight excluding hydrogens is 394 g/mol. The molecule has 5 nitrogen and oxygen atoms in total. The van der Waals surface area contributed by atoms with Gasteiger partial charge in [-0.3, -0.25) is 9.78 Å². The molecule has 0 spiro atoms. The van der Waals surface area contributed by atoms with Crippen LogP contribution in [0.4, 0.5) is 0 Å². The van der Waals surface area contributed by atoms with E-state index in [2.05, 4.69) is 15.3 Å². The molecule has 1 N–H and O–H groups in total. The molecule has 1 atom stereocenters. The fraction of sp³-hybridized carbons (Fsp3) is 0.125. The number of amides is 1. The number of carbonyl (C=O) groups excluding carboxylic acids is 1. The third-order valence-corrected chi connectivity index (χ3v) is 5.58. The molecular formula is C24H21N3O2S. The first-order valence-electron chi connectivity index (χ1n) is 9.57. The number of nitrogens with one attached hydrogen (secondary N) is 1. The normalized spacial score (nSPS) is 11.6. The fourth-order valence-corrected chi connectivity index (χ4v) is 3.97. The Balaban J connectivity index is 1.51. The van der Waals surface area contributed by atoms with Gasteiger partial charge in [0.15, 0.2) is 0 Å². The summed E-state index contributed by atoms with van der Waals surface area (Å²) in [6.45, 7) is 0. The van der Waals surface area contributed by atoms with Crippen LogP contribution >= 0.6 is 11.3 Å². The minimum atomic E-state index is -0.251. The zero-order valence-electron chi connectivity index (χ0n) is 16.5. The van der Waals surface area contributed by atoms with Crippen molar-refractivity contribution in [3.8, 4) is 16.5 Å². The van der Waals surface area contributed by atoms with Crippen LogP contribution in [0.5, 0.6) is 5.75 Å². The van der Waals surface area contributed by atoms with Crippen LogP contribution in [0.1, 0.15) is 22.9 Å². The van der Waals surface area contributed by atoms with E-state index in [1.54, 1.807) is 13.3 Å². The Morgan fingerprint density at radius 2 is 1.73 bits per heavy atom. The van der Waals surface area contributed by atoms with E-state index in [0.29, 0.717) is 0 Å². The highest BCUT2D eigenvalue weighted by Gasteiger charge is 2.18. The van der Waals surface area contributed by atoms with Gasteiger partial charge in [0, 0.05) is 11.6 Å². The average molecular weight is 416 g/mol. The first kappa shape index (κ1) is 19.8. The maximum absolute atomic E-state index is 12.9. The number of benzene rings is 2. The highest BCUT2D eigenvalue weighted by Crippen LogP contribution is 2.25. The minimum Gasteiger partial charge on any atom is -0.497 e. The summed E-state index contributed by atoms with van der Waals surface area (Å²) in [6, 6.07) is 23.1. The maximum Gasteiger partial charge on any atom is 0.226 e. The Bertz CT molecular complexity index is 1100. The second-order valence-electron chi connectivity index (χ2n) is 6.72. The van der Waals surface area contributed by atoms with Gasteiger partial charge in [-0.05, 0) is 35.4 Å². The van der Waals surface area contributed by atoms with Crippen LogP contribution in [0.15, 0.2) is 84.4 Å². The van der Waals surface area contributed by atoms with Gasteiger partial charge < -0.3 is 10.1 Å². The van der Waals surface area contributed by atoms with E-state index < -0.39 is 0 Å². The van der Waals surface area contributed by atoms with Crippen LogP contribution in [0.2, 0.25) is 0 Å².